The Balaban J connectivity index is 2.30. The average Bonchev–Trinajstić information content (AvgIpc) is 2.79. The van der Waals surface area contributed by atoms with Gasteiger partial charge in [0.1, 0.15) is 5.69 Å². The number of nitrogens with zero attached hydrogens (tertiary/aromatic N) is 2. The molecule has 1 aliphatic heterocycles. The van der Waals surface area contributed by atoms with Crippen LogP contribution < -0.4 is 11.4 Å². The number of H-pyrrole nitrogens is 1. The molecule has 1 aliphatic rings. The van der Waals surface area contributed by atoms with Crippen molar-refractivity contribution in [2.24, 2.45) is 11.1 Å². The van der Waals surface area contributed by atoms with Crippen LogP contribution in [0.1, 0.15) is 50.1 Å². The Hall–Kier alpha value is -2.25. The molecule has 0 bridgehead atoms. The first-order chi connectivity index (χ1) is 10.1. The number of hydrogen-bond donors (Lipinski definition) is 3. The molecule has 1 saturated heterocycles. The van der Waals surface area contributed by atoms with Gasteiger partial charge in [0.25, 0.3) is 5.91 Å². The minimum Gasteiger partial charge on any atom is -0.465 e. The summed E-state index contributed by atoms with van der Waals surface area (Å²) in [4.78, 5) is 38.4. The van der Waals surface area contributed by atoms with Crippen molar-refractivity contribution in [2.45, 2.75) is 45.7 Å². The molecule has 2 atom stereocenters. The van der Waals surface area contributed by atoms with Crippen molar-refractivity contribution < 1.29 is 14.7 Å². The van der Waals surface area contributed by atoms with Crippen molar-refractivity contribution in [1.82, 2.24) is 14.5 Å². The van der Waals surface area contributed by atoms with E-state index in [2.05, 4.69) is 4.98 Å². The molecule has 1 fully saturated rings. The summed E-state index contributed by atoms with van der Waals surface area (Å²) < 4.78 is 1.46. The molecule has 0 spiro atoms. The predicted molar refractivity (Wildman–Crippen MR) is 79.8 cm³/mol. The summed E-state index contributed by atoms with van der Waals surface area (Å²) in [5.41, 5.74) is 4.60. The van der Waals surface area contributed by atoms with Gasteiger partial charge >= 0.3 is 11.8 Å². The molecule has 2 unspecified atom stereocenters. The molecule has 0 saturated carbocycles. The largest absolute Gasteiger partial charge is 0.465 e. The van der Waals surface area contributed by atoms with Gasteiger partial charge in [-0.25, -0.2) is 9.59 Å². The van der Waals surface area contributed by atoms with E-state index in [1.807, 2.05) is 20.8 Å². The van der Waals surface area contributed by atoms with Crippen LogP contribution in [-0.4, -0.2) is 44.1 Å². The minimum atomic E-state index is -0.947. The summed E-state index contributed by atoms with van der Waals surface area (Å²) in [7, 11) is 0. The van der Waals surface area contributed by atoms with Gasteiger partial charge in [-0.2, -0.15) is 0 Å². The van der Waals surface area contributed by atoms with Crippen molar-refractivity contribution in [2.75, 3.05) is 6.54 Å². The van der Waals surface area contributed by atoms with Crippen LogP contribution in [0.4, 0.5) is 4.79 Å². The molecule has 22 heavy (non-hydrogen) atoms. The van der Waals surface area contributed by atoms with Crippen LogP contribution in [-0.2, 0) is 0 Å². The molecule has 2 heterocycles. The molecule has 8 heteroatoms. The summed E-state index contributed by atoms with van der Waals surface area (Å²) in [6.45, 7) is 6.28. The molecule has 2 amide bonds. The van der Waals surface area contributed by atoms with Gasteiger partial charge in [-0.3, -0.25) is 9.36 Å². The second-order valence-electron chi connectivity index (χ2n) is 6.78. The lowest BCUT2D eigenvalue weighted by Crippen LogP contribution is -2.52. The van der Waals surface area contributed by atoms with Crippen LogP contribution in [0, 0.1) is 5.41 Å². The zero-order valence-electron chi connectivity index (χ0n) is 13.0. The zero-order valence-corrected chi connectivity index (χ0v) is 13.0. The fourth-order valence-electron chi connectivity index (χ4n) is 3.06. The fourth-order valence-corrected chi connectivity index (χ4v) is 3.06. The quantitative estimate of drug-likeness (QED) is 0.754. The number of nitrogens with two attached hydrogens (primary N) is 1. The first-order valence-corrected chi connectivity index (χ1v) is 7.21. The van der Waals surface area contributed by atoms with Crippen molar-refractivity contribution in [1.29, 1.82) is 0 Å². The maximum absolute atomic E-state index is 12.0. The molecule has 2 rings (SSSR count). The van der Waals surface area contributed by atoms with Crippen LogP contribution in [0.15, 0.2) is 11.0 Å². The van der Waals surface area contributed by atoms with E-state index >= 15 is 0 Å². The molecule has 4 N–H and O–H groups in total. The Labute approximate surface area is 127 Å². The monoisotopic (exact) mass is 310 g/mol. The van der Waals surface area contributed by atoms with Gasteiger partial charge in [-0.05, 0) is 18.3 Å². The Kier molecular flexibility index (Phi) is 4.04. The summed E-state index contributed by atoms with van der Waals surface area (Å²) >= 11 is 0. The number of piperidine rings is 1. The smallest absolute Gasteiger partial charge is 0.407 e. The number of carbonyl (C=O) groups excluding carboxylic acids is 1. The van der Waals surface area contributed by atoms with Gasteiger partial charge in [0.2, 0.25) is 0 Å². The predicted octanol–water partition coefficient (Wildman–Crippen LogP) is 1.00. The summed E-state index contributed by atoms with van der Waals surface area (Å²) in [6.07, 6.45) is 1.52. The molecule has 0 aromatic carbocycles. The number of primary amides is 1. The third-order valence-electron chi connectivity index (χ3n) is 4.22. The maximum Gasteiger partial charge on any atom is 0.407 e. The van der Waals surface area contributed by atoms with Gasteiger partial charge in [0, 0.05) is 24.8 Å². The Morgan fingerprint density at radius 1 is 1.41 bits per heavy atom. The lowest BCUT2D eigenvalue weighted by atomic mass is 9.79. The zero-order chi connectivity index (χ0) is 16.7. The van der Waals surface area contributed by atoms with E-state index < -0.39 is 17.7 Å². The third kappa shape index (κ3) is 3.00. The van der Waals surface area contributed by atoms with E-state index in [1.54, 1.807) is 0 Å². The normalized spacial score (nSPS) is 22.6. The molecule has 1 aromatic rings. The van der Waals surface area contributed by atoms with Crippen molar-refractivity contribution in [3.63, 3.8) is 0 Å². The van der Waals surface area contributed by atoms with Crippen LogP contribution in [0.2, 0.25) is 0 Å². The molecule has 0 aliphatic carbocycles. The first kappa shape index (κ1) is 16.1. The number of likely N-dealkylation sites (tertiary alicyclic amines) is 1. The van der Waals surface area contributed by atoms with Crippen molar-refractivity contribution in [3.05, 3.63) is 22.4 Å². The summed E-state index contributed by atoms with van der Waals surface area (Å²) in [5.74, 6) is -0.689. The van der Waals surface area contributed by atoms with E-state index in [1.165, 1.54) is 15.7 Å². The van der Waals surface area contributed by atoms with E-state index in [-0.39, 0.29) is 23.2 Å². The SMILES string of the molecule is CC(C)(C)C1CC(n2cc(C(N)=O)[nH]c2=O)CCN1C(=O)O. The number of rotatable bonds is 2. The van der Waals surface area contributed by atoms with Crippen LogP contribution in [0.5, 0.6) is 0 Å². The number of carboxylic acid groups (broad SMARTS) is 1. The van der Waals surface area contributed by atoms with E-state index in [0.717, 1.165) is 0 Å². The number of carbonyl (C=O) groups is 2. The lowest BCUT2D eigenvalue weighted by molar-refractivity contribution is 0.0423. The second-order valence-corrected chi connectivity index (χ2v) is 6.78. The number of hydrogen-bond acceptors (Lipinski definition) is 3. The molecule has 0 radical (unpaired) electrons. The number of imidazole rings is 1. The highest BCUT2D eigenvalue weighted by molar-refractivity contribution is 5.90. The molecule has 122 valence electrons. The number of aromatic nitrogens is 2. The minimum absolute atomic E-state index is 0.0676. The highest BCUT2D eigenvalue weighted by Gasteiger charge is 2.39. The highest BCUT2D eigenvalue weighted by Crippen LogP contribution is 2.36. The van der Waals surface area contributed by atoms with Crippen LogP contribution in [0.25, 0.3) is 0 Å². The molecular weight excluding hydrogens is 288 g/mol. The number of nitrogens with one attached hydrogen (secondary N) is 1. The van der Waals surface area contributed by atoms with Crippen LogP contribution >= 0.6 is 0 Å². The number of amides is 2. The maximum atomic E-state index is 12.0. The van der Waals surface area contributed by atoms with Crippen molar-refractivity contribution in [3.8, 4) is 0 Å². The van der Waals surface area contributed by atoms with Gasteiger partial charge in [0.15, 0.2) is 0 Å². The molecule has 8 nitrogen and oxygen atoms in total. The first-order valence-electron chi connectivity index (χ1n) is 7.21. The topological polar surface area (TPSA) is 121 Å². The Bertz CT molecular complexity index is 640. The fraction of sp³-hybridized carbons (Fsp3) is 0.643. The van der Waals surface area contributed by atoms with Crippen LogP contribution in [0.3, 0.4) is 0 Å². The average molecular weight is 310 g/mol. The summed E-state index contributed by atoms with van der Waals surface area (Å²) in [6, 6.07) is -0.362. The van der Waals surface area contributed by atoms with E-state index in [0.29, 0.717) is 19.4 Å². The van der Waals surface area contributed by atoms with Gasteiger partial charge in [-0.1, -0.05) is 20.8 Å². The Morgan fingerprint density at radius 3 is 2.50 bits per heavy atom. The number of aromatic amines is 1. The van der Waals surface area contributed by atoms with Crippen molar-refractivity contribution >= 4 is 12.0 Å². The second kappa shape index (κ2) is 5.51. The molecule has 1 aromatic heterocycles. The third-order valence-corrected chi connectivity index (χ3v) is 4.22. The molecular formula is C14H22N4O4. The standard InChI is InChI=1S/C14H22N4O4/c1-14(2,3)10-6-8(4-5-17(10)13(21)22)18-7-9(11(15)19)16-12(18)20/h7-8,10H,4-6H2,1-3H3,(H2,15,19)(H,16,20)(H,21,22). The lowest BCUT2D eigenvalue weighted by Gasteiger charge is -2.44. The van der Waals surface area contributed by atoms with Gasteiger partial charge in [-0.15, -0.1) is 0 Å². The van der Waals surface area contributed by atoms with E-state index in [9.17, 15) is 19.5 Å². The van der Waals surface area contributed by atoms with Gasteiger partial charge in [0.05, 0.1) is 0 Å². The Morgan fingerprint density at radius 2 is 2.05 bits per heavy atom. The van der Waals surface area contributed by atoms with E-state index in [4.69, 9.17) is 5.73 Å². The highest BCUT2D eigenvalue weighted by atomic mass is 16.4. The van der Waals surface area contributed by atoms with Gasteiger partial charge < -0.3 is 20.7 Å². The summed E-state index contributed by atoms with van der Waals surface area (Å²) in [5, 5.41) is 9.35.